The Balaban J connectivity index is 0.00000289. The minimum absolute atomic E-state index is 0. The van der Waals surface area contributed by atoms with Crippen molar-refractivity contribution >= 4 is 30.1 Å². The van der Waals surface area contributed by atoms with Gasteiger partial charge in [-0.1, -0.05) is 25.3 Å². The Hall–Kier alpha value is -1.79. The zero-order valence-electron chi connectivity index (χ0n) is 21.0. The molecular formula is C28H42ClN3O3. The maximum atomic E-state index is 13.4. The molecule has 2 aliphatic carbocycles. The molecule has 194 valence electrons. The maximum absolute atomic E-state index is 13.4. The van der Waals surface area contributed by atoms with Gasteiger partial charge in [-0.3, -0.25) is 14.6 Å². The zero-order valence-corrected chi connectivity index (χ0v) is 21.8. The molecule has 2 heterocycles. The van der Waals surface area contributed by atoms with Gasteiger partial charge in [0.05, 0.1) is 0 Å². The van der Waals surface area contributed by atoms with E-state index in [-0.39, 0.29) is 24.9 Å². The van der Waals surface area contributed by atoms with Gasteiger partial charge >= 0.3 is 12.0 Å². The summed E-state index contributed by atoms with van der Waals surface area (Å²) in [6, 6.07) is 7.98. The van der Waals surface area contributed by atoms with Crippen molar-refractivity contribution in [2.75, 3.05) is 31.1 Å². The number of anilines is 1. The number of carboxylic acid groups (broad SMARTS) is 1. The molecule has 0 unspecified atom stereocenters. The highest BCUT2D eigenvalue weighted by Gasteiger charge is 2.36. The van der Waals surface area contributed by atoms with E-state index in [0.29, 0.717) is 12.0 Å². The van der Waals surface area contributed by atoms with Gasteiger partial charge in [0.2, 0.25) is 0 Å². The quantitative estimate of drug-likeness (QED) is 0.556. The molecule has 2 saturated carbocycles. The van der Waals surface area contributed by atoms with Crippen LogP contribution < -0.4 is 4.90 Å². The molecule has 0 atom stereocenters. The number of aliphatic carboxylic acids is 1. The van der Waals surface area contributed by atoms with Crippen LogP contribution in [0.15, 0.2) is 18.2 Å². The molecule has 3 fully saturated rings. The summed E-state index contributed by atoms with van der Waals surface area (Å²) in [7, 11) is 0. The number of amides is 2. The topological polar surface area (TPSA) is 64.1 Å². The smallest absolute Gasteiger partial charge is 0.324 e. The van der Waals surface area contributed by atoms with Gasteiger partial charge in [-0.05, 0) is 87.0 Å². The summed E-state index contributed by atoms with van der Waals surface area (Å²) in [5.41, 5.74) is 3.96. The molecule has 1 aromatic carbocycles. The summed E-state index contributed by atoms with van der Waals surface area (Å²) >= 11 is 0. The van der Waals surface area contributed by atoms with E-state index in [9.17, 15) is 9.59 Å². The minimum Gasteiger partial charge on any atom is -0.481 e. The lowest BCUT2D eigenvalue weighted by Crippen LogP contribution is -2.41. The number of rotatable bonds is 6. The first-order valence-corrected chi connectivity index (χ1v) is 13.7. The molecule has 1 aromatic rings. The fraction of sp³-hybridized carbons (Fsp3) is 0.714. The van der Waals surface area contributed by atoms with Gasteiger partial charge in [-0.25, -0.2) is 4.79 Å². The summed E-state index contributed by atoms with van der Waals surface area (Å²) in [5.74, 6) is -0.200. The highest BCUT2D eigenvalue weighted by molar-refractivity contribution is 5.94. The fourth-order valence-corrected chi connectivity index (χ4v) is 6.91. The van der Waals surface area contributed by atoms with E-state index < -0.39 is 5.97 Å². The lowest BCUT2D eigenvalue weighted by atomic mass is 9.83. The van der Waals surface area contributed by atoms with Crippen LogP contribution >= 0.6 is 12.4 Å². The second-order valence-electron chi connectivity index (χ2n) is 11.0. The summed E-state index contributed by atoms with van der Waals surface area (Å²) in [6.45, 7) is 3.88. The Morgan fingerprint density at radius 3 is 2.29 bits per heavy atom. The van der Waals surface area contributed by atoms with Gasteiger partial charge in [0.15, 0.2) is 0 Å². The third-order valence-corrected chi connectivity index (χ3v) is 8.99. The molecular weight excluding hydrogens is 462 g/mol. The number of nitrogens with zero attached hydrogens (tertiary/aromatic N) is 3. The molecule has 4 aliphatic rings. The van der Waals surface area contributed by atoms with Crippen molar-refractivity contribution < 1.29 is 14.7 Å². The zero-order chi connectivity index (χ0) is 23.5. The van der Waals surface area contributed by atoms with Crippen molar-refractivity contribution in [3.05, 3.63) is 29.3 Å². The first kappa shape index (κ1) is 26.3. The predicted molar refractivity (Wildman–Crippen MR) is 142 cm³/mol. The number of hydrogen-bond acceptors (Lipinski definition) is 3. The molecule has 2 amide bonds. The number of carbonyl (C=O) groups is 2. The highest BCUT2D eigenvalue weighted by Crippen LogP contribution is 2.34. The highest BCUT2D eigenvalue weighted by atomic mass is 35.5. The molecule has 1 N–H and O–H groups in total. The molecule has 1 saturated heterocycles. The van der Waals surface area contributed by atoms with E-state index in [1.54, 1.807) is 0 Å². The summed E-state index contributed by atoms with van der Waals surface area (Å²) in [6.07, 6.45) is 14.2. The number of benzene rings is 1. The van der Waals surface area contributed by atoms with E-state index in [2.05, 4.69) is 28.0 Å². The largest absolute Gasteiger partial charge is 0.481 e. The molecule has 5 rings (SSSR count). The van der Waals surface area contributed by atoms with Gasteiger partial charge in [-0.15, -0.1) is 12.4 Å². The molecule has 7 heteroatoms. The molecule has 35 heavy (non-hydrogen) atoms. The number of carboxylic acids is 1. The van der Waals surface area contributed by atoms with Crippen LogP contribution in [0.25, 0.3) is 0 Å². The summed E-state index contributed by atoms with van der Waals surface area (Å²) in [5, 5.41) is 8.94. The average molecular weight is 504 g/mol. The van der Waals surface area contributed by atoms with Crippen LogP contribution in [0, 0.1) is 5.92 Å². The Morgan fingerprint density at radius 2 is 1.57 bits per heavy atom. The lowest BCUT2D eigenvalue weighted by molar-refractivity contribution is -0.137. The van der Waals surface area contributed by atoms with Gasteiger partial charge in [0.25, 0.3) is 0 Å². The number of urea groups is 1. The van der Waals surface area contributed by atoms with Crippen LogP contribution in [0.3, 0.4) is 0 Å². The number of carbonyl (C=O) groups excluding carboxylic acids is 1. The van der Waals surface area contributed by atoms with Gasteiger partial charge in [-0.2, -0.15) is 0 Å². The third-order valence-electron chi connectivity index (χ3n) is 8.99. The first-order valence-electron chi connectivity index (χ1n) is 13.7. The molecule has 0 radical (unpaired) electrons. The van der Waals surface area contributed by atoms with Crippen molar-refractivity contribution in [1.82, 2.24) is 9.80 Å². The van der Waals surface area contributed by atoms with Crippen LogP contribution in [0.5, 0.6) is 0 Å². The Kier molecular flexibility index (Phi) is 8.98. The monoisotopic (exact) mass is 503 g/mol. The first-order chi connectivity index (χ1) is 16.6. The van der Waals surface area contributed by atoms with Crippen LogP contribution in [-0.4, -0.2) is 65.2 Å². The van der Waals surface area contributed by atoms with E-state index in [1.165, 1.54) is 49.8 Å². The SMILES string of the molecule is Cl.O=C(O)CCC1CCC(N2CCN(c3ccc4c(c3)CCN(C3CCCCC3)CC4)C2=O)CC1. The van der Waals surface area contributed by atoms with E-state index in [4.69, 9.17) is 5.11 Å². The van der Waals surface area contributed by atoms with Crippen LogP contribution in [0.1, 0.15) is 81.8 Å². The molecule has 2 aliphatic heterocycles. The average Bonchev–Trinajstić information content (AvgIpc) is 3.11. The molecule has 6 nitrogen and oxygen atoms in total. The van der Waals surface area contributed by atoms with Gasteiger partial charge in [0.1, 0.15) is 0 Å². The van der Waals surface area contributed by atoms with Crippen molar-refractivity contribution in [1.29, 1.82) is 0 Å². The van der Waals surface area contributed by atoms with Crippen molar-refractivity contribution in [2.45, 2.75) is 95.6 Å². The Labute approximate surface area is 216 Å². The maximum Gasteiger partial charge on any atom is 0.324 e. The molecule has 0 bridgehead atoms. The van der Waals surface area contributed by atoms with Gasteiger partial charge in [0, 0.05) is 50.4 Å². The van der Waals surface area contributed by atoms with Crippen molar-refractivity contribution in [3.63, 3.8) is 0 Å². The third kappa shape index (κ3) is 6.14. The summed E-state index contributed by atoms with van der Waals surface area (Å²) < 4.78 is 0. The second kappa shape index (κ2) is 12.0. The second-order valence-corrected chi connectivity index (χ2v) is 11.0. The Bertz CT molecular complexity index is 880. The minimum atomic E-state index is -0.699. The van der Waals surface area contributed by atoms with E-state index in [1.807, 2.05) is 4.90 Å². The van der Waals surface area contributed by atoms with Crippen LogP contribution in [0.2, 0.25) is 0 Å². The van der Waals surface area contributed by atoms with E-state index in [0.717, 1.165) is 76.3 Å². The number of fused-ring (bicyclic) bond motifs is 1. The Morgan fingerprint density at radius 1 is 0.857 bits per heavy atom. The fourth-order valence-electron chi connectivity index (χ4n) is 6.91. The number of halogens is 1. The summed E-state index contributed by atoms with van der Waals surface area (Å²) in [4.78, 5) is 31.0. The lowest BCUT2D eigenvalue weighted by Gasteiger charge is -2.34. The normalized spacial score (nSPS) is 26.2. The molecule has 0 spiro atoms. The van der Waals surface area contributed by atoms with Crippen LogP contribution in [0.4, 0.5) is 10.5 Å². The van der Waals surface area contributed by atoms with Crippen LogP contribution in [-0.2, 0) is 17.6 Å². The van der Waals surface area contributed by atoms with Gasteiger partial charge < -0.3 is 10.0 Å². The predicted octanol–water partition coefficient (Wildman–Crippen LogP) is 5.51. The standard InChI is InChI=1S/C28H41N3O3.ClH/c32-27(33)13-8-21-6-10-25(11-7-21)30-18-19-31(28(30)34)26-12-9-22-14-16-29(17-15-23(22)20-26)24-4-2-1-3-5-24;/h9,12,20-21,24-25H,1-8,10-11,13-19H2,(H,32,33);1H. The van der Waals surface area contributed by atoms with Crippen molar-refractivity contribution in [3.8, 4) is 0 Å². The number of hydrogen-bond donors (Lipinski definition) is 1. The van der Waals surface area contributed by atoms with E-state index >= 15 is 0 Å². The van der Waals surface area contributed by atoms with Crippen molar-refractivity contribution in [2.24, 2.45) is 5.92 Å². The molecule has 0 aromatic heterocycles.